The monoisotopic (exact) mass is 357 g/mol. The van der Waals surface area contributed by atoms with E-state index in [-0.39, 0.29) is 5.75 Å². The quantitative estimate of drug-likeness (QED) is 0.702. The molecule has 0 unspecified atom stereocenters. The first-order chi connectivity index (χ1) is 12.1. The molecule has 0 saturated heterocycles. The van der Waals surface area contributed by atoms with Gasteiger partial charge in [0.05, 0.1) is 23.2 Å². The molecule has 5 nitrogen and oxygen atoms in total. The number of sulfone groups is 1. The van der Waals surface area contributed by atoms with Crippen LogP contribution in [-0.4, -0.2) is 21.6 Å². The lowest BCUT2D eigenvalue weighted by atomic mass is 10.1. The molecular formula is C19H19NO4S. The number of rotatable bonds is 7. The third-order valence-corrected chi connectivity index (χ3v) is 5.42. The topological polar surface area (TPSA) is 82.5 Å². The molecule has 1 aromatic heterocycles. The standard InChI is InChI=1S/C19H19NO4S/c20-9-11-24-19-12-15(6-7-18(19)16-8-10-23-13-16)14-25(21,22)17-4-2-1-3-5-17/h1-8,10,12-13H,9,11,14,20H2. The van der Waals surface area contributed by atoms with E-state index in [4.69, 9.17) is 14.9 Å². The van der Waals surface area contributed by atoms with Crippen molar-refractivity contribution in [2.45, 2.75) is 10.6 Å². The van der Waals surface area contributed by atoms with E-state index in [1.165, 1.54) is 0 Å². The number of hydrogen-bond donors (Lipinski definition) is 1. The Hall–Kier alpha value is -2.57. The average molecular weight is 357 g/mol. The van der Waals surface area contributed by atoms with Crippen LogP contribution in [0.1, 0.15) is 5.56 Å². The first kappa shape index (κ1) is 17.3. The van der Waals surface area contributed by atoms with E-state index in [9.17, 15) is 8.42 Å². The highest BCUT2D eigenvalue weighted by Crippen LogP contribution is 2.32. The van der Waals surface area contributed by atoms with E-state index in [0.29, 0.717) is 29.4 Å². The Morgan fingerprint density at radius 1 is 1.04 bits per heavy atom. The Bertz CT molecular complexity index is 919. The van der Waals surface area contributed by atoms with Gasteiger partial charge < -0.3 is 14.9 Å². The van der Waals surface area contributed by atoms with Gasteiger partial charge in [0.2, 0.25) is 0 Å². The second-order valence-corrected chi connectivity index (χ2v) is 7.54. The van der Waals surface area contributed by atoms with Crippen molar-refractivity contribution in [1.82, 2.24) is 0 Å². The largest absolute Gasteiger partial charge is 0.492 e. The van der Waals surface area contributed by atoms with Gasteiger partial charge in [-0.2, -0.15) is 0 Å². The summed E-state index contributed by atoms with van der Waals surface area (Å²) >= 11 is 0. The van der Waals surface area contributed by atoms with Gasteiger partial charge in [-0.15, -0.1) is 0 Å². The normalized spacial score (nSPS) is 11.4. The Kier molecular flexibility index (Phi) is 5.21. The van der Waals surface area contributed by atoms with E-state index in [0.717, 1.165) is 11.1 Å². The summed E-state index contributed by atoms with van der Waals surface area (Å²) in [5.41, 5.74) is 7.88. The van der Waals surface area contributed by atoms with Gasteiger partial charge in [-0.3, -0.25) is 0 Å². The molecule has 0 saturated carbocycles. The van der Waals surface area contributed by atoms with Gasteiger partial charge in [-0.25, -0.2) is 8.42 Å². The SMILES string of the molecule is NCCOc1cc(CS(=O)(=O)c2ccccc2)ccc1-c1ccoc1. The van der Waals surface area contributed by atoms with Crippen LogP contribution in [0, 0.1) is 0 Å². The molecule has 3 rings (SSSR count). The summed E-state index contributed by atoms with van der Waals surface area (Å²) in [5, 5.41) is 0. The molecule has 2 aromatic carbocycles. The minimum absolute atomic E-state index is 0.0956. The summed E-state index contributed by atoms with van der Waals surface area (Å²) in [6, 6.07) is 15.6. The molecule has 0 atom stereocenters. The molecule has 0 amide bonds. The smallest absolute Gasteiger partial charge is 0.182 e. The highest BCUT2D eigenvalue weighted by molar-refractivity contribution is 7.90. The molecule has 6 heteroatoms. The summed E-state index contributed by atoms with van der Waals surface area (Å²) in [6.07, 6.45) is 3.20. The second kappa shape index (κ2) is 7.55. The summed E-state index contributed by atoms with van der Waals surface area (Å²) in [5.74, 6) is 0.495. The van der Waals surface area contributed by atoms with Crippen LogP contribution in [0.4, 0.5) is 0 Å². The number of ether oxygens (including phenoxy) is 1. The lowest BCUT2D eigenvalue weighted by molar-refractivity contribution is 0.329. The predicted octanol–water partition coefficient (Wildman–Crippen LogP) is 3.26. The molecule has 25 heavy (non-hydrogen) atoms. The van der Waals surface area contributed by atoms with Gasteiger partial charge in [0.1, 0.15) is 12.4 Å². The number of hydrogen-bond acceptors (Lipinski definition) is 5. The van der Waals surface area contributed by atoms with Crippen molar-refractivity contribution in [2.75, 3.05) is 13.2 Å². The van der Waals surface area contributed by atoms with E-state index in [2.05, 4.69) is 0 Å². The van der Waals surface area contributed by atoms with Crippen LogP contribution in [0.15, 0.2) is 76.4 Å². The zero-order chi connectivity index (χ0) is 17.7. The zero-order valence-electron chi connectivity index (χ0n) is 13.6. The maximum absolute atomic E-state index is 12.6. The summed E-state index contributed by atoms with van der Waals surface area (Å²) in [7, 11) is -3.42. The number of furan rings is 1. The van der Waals surface area contributed by atoms with Gasteiger partial charge in [0.15, 0.2) is 9.84 Å². The van der Waals surface area contributed by atoms with Gasteiger partial charge in [0, 0.05) is 17.7 Å². The van der Waals surface area contributed by atoms with Crippen molar-refractivity contribution in [2.24, 2.45) is 5.73 Å². The van der Waals surface area contributed by atoms with Crippen molar-refractivity contribution >= 4 is 9.84 Å². The molecule has 2 N–H and O–H groups in total. The Morgan fingerprint density at radius 3 is 2.52 bits per heavy atom. The molecule has 0 aliphatic rings. The molecule has 0 spiro atoms. The highest BCUT2D eigenvalue weighted by atomic mass is 32.2. The average Bonchev–Trinajstić information content (AvgIpc) is 3.15. The van der Waals surface area contributed by atoms with Crippen LogP contribution in [-0.2, 0) is 15.6 Å². The molecule has 0 radical (unpaired) electrons. The summed E-state index contributed by atoms with van der Waals surface area (Å²) in [4.78, 5) is 0.304. The van der Waals surface area contributed by atoms with Crippen molar-refractivity contribution in [3.8, 4) is 16.9 Å². The van der Waals surface area contributed by atoms with E-state index >= 15 is 0 Å². The molecule has 3 aromatic rings. The maximum atomic E-state index is 12.6. The molecule has 130 valence electrons. The molecular weight excluding hydrogens is 338 g/mol. The van der Waals surface area contributed by atoms with Crippen molar-refractivity contribution in [3.05, 3.63) is 72.7 Å². The van der Waals surface area contributed by atoms with Crippen LogP contribution in [0.25, 0.3) is 11.1 Å². The summed E-state index contributed by atoms with van der Waals surface area (Å²) in [6.45, 7) is 0.719. The maximum Gasteiger partial charge on any atom is 0.182 e. The van der Waals surface area contributed by atoms with Crippen LogP contribution >= 0.6 is 0 Å². The minimum Gasteiger partial charge on any atom is -0.492 e. The first-order valence-electron chi connectivity index (χ1n) is 7.86. The Balaban J connectivity index is 1.92. The van der Waals surface area contributed by atoms with E-state index in [1.54, 1.807) is 55.0 Å². The lowest BCUT2D eigenvalue weighted by Gasteiger charge is -2.12. The highest BCUT2D eigenvalue weighted by Gasteiger charge is 2.17. The zero-order valence-corrected chi connectivity index (χ0v) is 14.4. The van der Waals surface area contributed by atoms with E-state index in [1.807, 2.05) is 12.1 Å². The molecule has 0 fully saturated rings. The van der Waals surface area contributed by atoms with Crippen molar-refractivity contribution in [1.29, 1.82) is 0 Å². The van der Waals surface area contributed by atoms with Crippen LogP contribution in [0.2, 0.25) is 0 Å². The Morgan fingerprint density at radius 2 is 1.84 bits per heavy atom. The van der Waals surface area contributed by atoms with Gasteiger partial charge in [-0.05, 0) is 29.8 Å². The van der Waals surface area contributed by atoms with Crippen molar-refractivity contribution < 1.29 is 17.6 Å². The second-order valence-electron chi connectivity index (χ2n) is 5.55. The first-order valence-corrected chi connectivity index (χ1v) is 9.51. The third-order valence-electron chi connectivity index (χ3n) is 3.71. The Labute approximate surface area is 147 Å². The molecule has 1 heterocycles. The summed E-state index contributed by atoms with van der Waals surface area (Å²) < 4.78 is 36.0. The fourth-order valence-corrected chi connectivity index (χ4v) is 3.89. The van der Waals surface area contributed by atoms with Crippen LogP contribution in [0.5, 0.6) is 5.75 Å². The minimum atomic E-state index is -3.42. The fourth-order valence-electron chi connectivity index (χ4n) is 2.53. The predicted molar refractivity (Wildman–Crippen MR) is 96.0 cm³/mol. The van der Waals surface area contributed by atoms with Crippen LogP contribution < -0.4 is 10.5 Å². The number of nitrogens with two attached hydrogens (primary N) is 1. The van der Waals surface area contributed by atoms with Gasteiger partial charge in [-0.1, -0.05) is 30.3 Å². The third kappa shape index (κ3) is 4.10. The van der Waals surface area contributed by atoms with Crippen molar-refractivity contribution in [3.63, 3.8) is 0 Å². The van der Waals surface area contributed by atoms with Gasteiger partial charge in [0.25, 0.3) is 0 Å². The molecule has 0 bridgehead atoms. The fraction of sp³-hybridized carbons (Fsp3) is 0.158. The molecule has 0 aliphatic heterocycles. The van der Waals surface area contributed by atoms with Crippen LogP contribution in [0.3, 0.4) is 0 Å². The van der Waals surface area contributed by atoms with E-state index < -0.39 is 9.84 Å². The lowest BCUT2D eigenvalue weighted by Crippen LogP contribution is -2.11. The number of benzene rings is 2. The molecule has 0 aliphatic carbocycles. The van der Waals surface area contributed by atoms with Gasteiger partial charge >= 0.3 is 0 Å².